The number of rotatable bonds is 5. The van der Waals surface area contributed by atoms with E-state index in [-0.39, 0.29) is 13.4 Å². The molecule has 1 aromatic rings. The number of hydrogen-bond acceptors (Lipinski definition) is 5. The third-order valence-electron chi connectivity index (χ3n) is 2.12. The number of hydrogen-bond donors (Lipinski definition) is 2. The smallest absolute Gasteiger partial charge is 0.329 e. The third-order valence-corrected chi connectivity index (χ3v) is 2.12. The molecule has 0 aliphatic carbocycles. The average Bonchev–Trinajstić information content (AvgIpc) is 2.75. The lowest BCUT2D eigenvalue weighted by atomic mass is 10.3. The second-order valence-corrected chi connectivity index (χ2v) is 3.50. The van der Waals surface area contributed by atoms with Gasteiger partial charge in [-0.15, -0.1) is 0 Å². The topological polar surface area (TPSA) is 94.1 Å². The van der Waals surface area contributed by atoms with Crippen LogP contribution in [-0.4, -0.2) is 37.0 Å². The van der Waals surface area contributed by atoms with Gasteiger partial charge < -0.3 is 24.6 Å². The predicted octanol–water partition coefficient (Wildman–Crippen LogP) is 0.455. The molecule has 1 aliphatic heterocycles. The Kier molecular flexibility index (Phi) is 3.63. The van der Waals surface area contributed by atoms with Gasteiger partial charge in [0.2, 0.25) is 12.7 Å². The quantitative estimate of drug-likeness (QED) is 0.791. The summed E-state index contributed by atoms with van der Waals surface area (Å²) < 4.78 is 14.9. The van der Waals surface area contributed by atoms with Crippen molar-refractivity contribution in [1.82, 2.24) is 0 Å². The van der Waals surface area contributed by atoms with Crippen LogP contribution in [0.4, 0.5) is 5.69 Å². The van der Waals surface area contributed by atoms with E-state index in [0.29, 0.717) is 17.2 Å². The van der Waals surface area contributed by atoms with Crippen molar-refractivity contribution in [2.45, 2.75) is 0 Å². The van der Waals surface area contributed by atoms with Crippen molar-refractivity contribution in [3.8, 4) is 11.5 Å². The number of anilines is 1. The fourth-order valence-electron chi connectivity index (χ4n) is 1.40. The summed E-state index contributed by atoms with van der Waals surface area (Å²) in [5, 5.41) is 10.9. The van der Waals surface area contributed by atoms with Crippen LogP contribution in [0.1, 0.15) is 0 Å². The molecule has 0 bridgehead atoms. The minimum atomic E-state index is -1.12. The first-order chi connectivity index (χ1) is 8.65. The van der Waals surface area contributed by atoms with Gasteiger partial charge in [0.05, 0.1) is 0 Å². The van der Waals surface area contributed by atoms with Crippen molar-refractivity contribution in [3.63, 3.8) is 0 Å². The molecule has 0 saturated heterocycles. The van der Waals surface area contributed by atoms with E-state index in [0.717, 1.165) is 0 Å². The zero-order chi connectivity index (χ0) is 13.0. The van der Waals surface area contributed by atoms with Crippen molar-refractivity contribution < 1.29 is 28.9 Å². The molecule has 7 heteroatoms. The van der Waals surface area contributed by atoms with E-state index in [2.05, 4.69) is 10.1 Å². The Morgan fingerprint density at radius 1 is 1.28 bits per heavy atom. The molecule has 7 nitrogen and oxygen atoms in total. The SMILES string of the molecule is O=C(O)COCC(=O)Nc1ccc2c(c1)OCO2. The lowest BCUT2D eigenvalue weighted by Gasteiger charge is -2.05. The summed E-state index contributed by atoms with van der Waals surface area (Å²) in [7, 11) is 0. The Morgan fingerprint density at radius 3 is 2.83 bits per heavy atom. The fraction of sp³-hybridized carbons (Fsp3) is 0.273. The van der Waals surface area contributed by atoms with E-state index >= 15 is 0 Å². The first-order valence-corrected chi connectivity index (χ1v) is 5.14. The summed E-state index contributed by atoms with van der Waals surface area (Å²) in [6.45, 7) is -0.663. The number of carbonyl (C=O) groups is 2. The molecular formula is C11H11NO6. The molecule has 0 spiro atoms. The number of carboxylic acid groups (broad SMARTS) is 1. The van der Waals surface area contributed by atoms with E-state index in [9.17, 15) is 9.59 Å². The van der Waals surface area contributed by atoms with Gasteiger partial charge in [-0.3, -0.25) is 4.79 Å². The standard InChI is InChI=1S/C11H11NO6/c13-10(4-16-5-11(14)15)12-7-1-2-8-9(3-7)18-6-17-8/h1-3H,4-6H2,(H,12,13)(H,14,15). The zero-order valence-electron chi connectivity index (χ0n) is 9.34. The molecular weight excluding hydrogens is 242 g/mol. The first kappa shape index (κ1) is 12.2. The summed E-state index contributed by atoms with van der Waals surface area (Å²) in [5.74, 6) is -0.379. The van der Waals surface area contributed by atoms with Crippen LogP contribution in [0.5, 0.6) is 11.5 Å². The highest BCUT2D eigenvalue weighted by molar-refractivity contribution is 5.92. The van der Waals surface area contributed by atoms with Crippen molar-refractivity contribution in [2.75, 3.05) is 25.3 Å². The van der Waals surface area contributed by atoms with E-state index in [4.69, 9.17) is 14.6 Å². The molecule has 2 rings (SSSR count). The Morgan fingerprint density at radius 2 is 2.06 bits per heavy atom. The highest BCUT2D eigenvalue weighted by atomic mass is 16.7. The van der Waals surface area contributed by atoms with E-state index in [1.807, 2.05) is 0 Å². The van der Waals surface area contributed by atoms with Gasteiger partial charge in [-0.2, -0.15) is 0 Å². The van der Waals surface area contributed by atoms with Crippen LogP contribution in [0.3, 0.4) is 0 Å². The van der Waals surface area contributed by atoms with Gasteiger partial charge in [-0.25, -0.2) is 4.79 Å². The summed E-state index contributed by atoms with van der Waals surface area (Å²) in [6, 6.07) is 4.95. The second-order valence-electron chi connectivity index (χ2n) is 3.50. The van der Waals surface area contributed by atoms with Crippen LogP contribution >= 0.6 is 0 Å². The van der Waals surface area contributed by atoms with Crippen molar-refractivity contribution in [3.05, 3.63) is 18.2 Å². The van der Waals surface area contributed by atoms with Crippen molar-refractivity contribution >= 4 is 17.6 Å². The highest BCUT2D eigenvalue weighted by Gasteiger charge is 2.14. The summed E-state index contributed by atoms with van der Waals surface area (Å²) in [5.41, 5.74) is 0.531. The molecule has 0 unspecified atom stereocenters. The lowest BCUT2D eigenvalue weighted by molar-refractivity contribution is -0.143. The average molecular weight is 253 g/mol. The normalized spacial score (nSPS) is 12.2. The van der Waals surface area contributed by atoms with Crippen LogP contribution < -0.4 is 14.8 Å². The van der Waals surface area contributed by atoms with E-state index < -0.39 is 18.5 Å². The molecule has 1 amide bonds. The summed E-state index contributed by atoms with van der Waals surface area (Å²) in [4.78, 5) is 21.6. The Labute approximate surface area is 102 Å². The van der Waals surface area contributed by atoms with Gasteiger partial charge in [-0.1, -0.05) is 0 Å². The number of benzene rings is 1. The molecule has 0 fully saturated rings. The van der Waals surface area contributed by atoms with Gasteiger partial charge in [0, 0.05) is 11.8 Å². The van der Waals surface area contributed by atoms with Gasteiger partial charge in [0.25, 0.3) is 0 Å². The fourth-order valence-corrected chi connectivity index (χ4v) is 1.40. The van der Waals surface area contributed by atoms with Crippen molar-refractivity contribution in [1.29, 1.82) is 0 Å². The summed E-state index contributed by atoms with van der Waals surface area (Å²) in [6.07, 6.45) is 0. The maximum absolute atomic E-state index is 11.4. The molecule has 0 radical (unpaired) electrons. The molecule has 18 heavy (non-hydrogen) atoms. The lowest BCUT2D eigenvalue weighted by Crippen LogP contribution is -2.20. The largest absolute Gasteiger partial charge is 0.480 e. The predicted molar refractivity (Wildman–Crippen MR) is 59.6 cm³/mol. The van der Waals surface area contributed by atoms with E-state index in [1.54, 1.807) is 18.2 Å². The Bertz CT molecular complexity index is 473. The molecule has 2 N–H and O–H groups in total. The van der Waals surface area contributed by atoms with E-state index in [1.165, 1.54) is 0 Å². The van der Waals surface area contributed by atoms with Crippen LogP contribution in [0.2, 0.25) is 0 Å². The number of fused-ring (bicyclic) bond motifs is 1. The van der Waals surface area contributed by atoms with Crippen LogP contribution in [0.15, 0.2) is 18.2 Å². The third kappa shape index (κ3) is 3.11. The molecule has 0 atom stereocenters. The number of carbonyl (C=O) groups excluding carboxylic acids is 1. The first-order valence-electron chi connectivity index (χ1n) is 5.14. The minimum absolute atomic E-state index is 0.161. The number of carboxylic acids is 1. The second kappa shape index (κ2) is 5.37. The van der Waals surface area contributed by atoms with Crippen LogP contribution in [0, 0.1) is 0 Å². The number of aliphatic carboxylic acids is 1. The van der Waals surface area contributed by atoms with Gasteiger partial charge in [0.15, 0.2) is 11.5 Å². The maximum Gasteiger partial charge on any atom is 0.329 e. The number of amides is 1. The van der Waals surface area contributed by atoms with Gasteiger partial charge in [0.1, 0.15) is 13.2 Å². The van der Waals surface area contributed by atoms with Crippen molar-refractivity contribution in [2.24, 2.45) is 0 Å². The van der Waals surface area contributed by atoms with Crippen LogP contribution in [-0.2, 0) is 14.3 Å². The maximum atomic E-state index is 11.4. The number of ether oxygens (including phenoxy) is 3. The summed E-state index contributed by atoms with van der Waals surface area (Å²) >= 11 is 0. The highest BCUT2D eigenvalue weighted by Crippen LogP contribution is 2.34. The monoisotopic (exact) mass is 253 g/mol. The molecule has 96 valence electrons. The number of nitrogens with one attached hydrogen (secondary N) is 1. The minimum Gasteiger partial charge on any atom is -0.480 e. The Balaban J connectivity index is 1.85. The zero-order valence-corrected chi connectivity index (χ0v) is 9.34. The van der Waals surface area contributed by atoms with Gasteiger partial charge >= 0.3 is 5.97 Å². The van der Waals surface area contributed by atoms with Gasteiger partial charge in [-0.05, 0) is 12.1 Å². The molecule has 0 saturated carbocycles. The molecule has 0 aromatic heterocycles. The molecule has 1 aromatic carbocycles. The molecule has 1 aliphatic rings. The van der Waals surface area contributed by atoms with Crippen LogP contribution in [0.25, 0.3) is 0 Å². The molecule has 1 heterocycles. The Hall–Kier alpha value is -2.28.